The average Bonchev–Trinajstić information content (AvgIpc) is 1.76. The molecule has 1 rings (SSSR count). The van der Waals surface area contributed by atoms with Crippen molar-refractivity contribution in [2.24, 2.45) is 0 Å². The van der Waals surface area contributed by atoms with Gasteiger partial charge in [0.05, 0.1) is 0 Å². The molecule has 1 aliphatic rings. The molecule has 12 heavy (non-hydrogen) atoms. The van der Waals surface area contributed by atoms with E-state index in [4.69, 9.17) is 0 Å². The van der Waals surface area contributed by atoms with Crippen molar-refractivity contribution in [3.8, 4) is 0 Å². The van der Waals surface area contributed by atoms with Crippen molar-refractivity contribution in [3.63, 3.8) is 0 Å². The van der Waals surface area contributed by atoms with Crippen LogP contribution in [0, 0.1) is 50.6 Å². The van der Waals surface area contributed by atoms with Gasteiger partial charge in [0.1, 0.15) is 0 Å². The van der Waals surface area contributed by atoms with Gasteiger partial charge in [-0.3, -0.25) is 6.08 Å². The first-order valence-electron chi connectivity index (χ1n) is 1.72. The van der Waals surface area contributed by atoms with Gasteiger partial charge in [0.15, 0.2) is 0 Å². The third kappa shape index (κ3) is 31.6. The van der Waals surface area contributed by atoms with Crippen molar-refractivity contribution >= 4 is 0 Å². The SMILES string of the molecule is [C-]1=CC=CC1.[CH3-].[CH3-].[CH3-].[CH3-].[CH3-].[CH3-].[Hf]. The second-order valence-electron chi connectivity index (χ2n) is 1.00. The molecular weight excluding hydrogens is 311 g/mol. The normalized spacial score (nSPS) is 7.33. The van der Waals surface area contributed by atoms with E-state index in [0.717, 1.165) is 6.42 Å². The second kappa shape index (κ2) is 42.5. The van der Waals surface area contributed by atoms with E-state index < -0.39 is 0 Å². The summed E-state index contributed by atoms with van der Waals surface area (Å²) in [6.45, 7) is 0. The first-order chi connectivity index (χ1) is 2.50. The summed E-state index contributed by atoms with van der Waals surface area (Å²) < 4.78 is 0. The number of hydrogen-bond donors (Lipinski definition) is 0. The fourth-order valence-corrected chi connectivity index (χ4v) is 0.340. The van der Waals surface area contributed by atoms with E-state index in [1.165, 1.54) is 0 Å². The van der Waals surface area contributed by atoms with E-state index >= 15 is 0 Å². The minimum absolute atomic E-state index is 0. The van der Waals surface area contributed by atoms with Crippen molar-refractivity contribution in [2.45, 2.75) is 6.42 Å². The van der Waals surface area contributed by atoms with Gasteiger partial charge in [-0.2, -0.15) is 6.08 Å². The average molecular weight is 334 g/mol. The zero-order chi connectivity index (χ0) is 3.54. The van der Waals surface area contributed by atoms with Gasteiger partial charge in [0, 0.05) is 25.8 Å². The summed E-state index contributed by atoms with van der Waals surface area (Å²) in [4.78, 5) is 0. The fraction of sp³-hybridized carbons (Fsp3) is 0.0909. The van der Waals surface area contributed by atoms with E-state index in [2.05, 4.69) is 12.2 Å². The summed E-state index contributed by atoms with van der Waals surface area (Å²) in [7, 11) is 0. The van der Waals surface area contributed by atoms with E-state index in [9.17, 15) is 0 Å². The Hall–Kier alpha value is 0.350. The summed E-state index contributed by atoms with van der Waals surface area (Å²) in [6, 6.07) is 0. The maximum absolute atomic E-state index is 2.99. The zero-order valence-electron chi connectivity index (χ0n) is 9.44. The van der Waals surface area contributed by atoms with Crippen LogP contribution in [0.25, 0.3) is 0 Å². The Bertz CT molecular complexity index is 63.1. The smallest absolute Gasteiger partial charge is 0 e. The van der Waals surface area contributed by atoms with Crippen LogP contribution in [-0.2, 0) is 25.8 Å². The molecule has 0 unspecified atom stereocenters. The van der Waals surface area contributed by atoms with E-state index in [1.807, 2.05) is 12.2 Å². The molecule has 0 N–H and O–H groups in total. The molecule has 0 saturated carbocycles. The third-order valence-corrected chi connectivity index (χ3v) is 0.586. The van der Waals surface area contributed by atoms with Crippen molar-refractivity contribution in [1.29, 1.82) is 0 Å². The second-order valence-corrected chi connectivity index (χ2v) is 1.00. The van der Waals surface area contributed by atoms with Crippen LogP contribution < -0.4 is 0 Å². The van der Waals surface area contributed by atoms with Crippen LogP contribution >= 0.6 is 0 Å². The van der Waals surface area contributed by atoms with Gasteiger partial charge in [-0.05, 0) is 0 Å². The van der Waals surface area contributed by atoms with Crippen molar-refractivity contribution < 1.29 is 25.8 Å². The van der Waals surface area contributed by atoms with Gasteiger partial charge in [-0.15, -0.1) is 6.42 Å². The molecule has 0 heterocycles. The molecule has 0 aromatic carbocycles. The molecule has 78 valence electrons. The summed E-state index contributed by atoms with van der Waals surface area (Å²) in [5, 5.41) is 0. The van der Waals surface area contributed by atoms with Crippen molar-refractivity contribution in [1.82, 2.24) is 0 Å². The largest absolute Gasteiger partial charge is 0.358 e. The Morgan fingerprint density at radius 3 is 1.33 bits per heavy atom. The predicted octanol–water partition coefficient (Wildman–Crippen LogP) is 4.00. The van der Waals surface area contributed by atoms with Crippen LogP contribution in [0.5, 0.6) is 0 Å². The maximum Gasteiger partial charge on any atom is 0 e. The van der Waals surface area contributed by atoms with Gasteiger partial charge in [0.25, 0.3) is 0 Å². The summed E-state index contributed by atoms with van der Waals surface area (Å²) in [5.41, 5.74) is 0. The van der Waals surface area contributed by atoms with Crippen molar-refractivity contribution in [3.05, 3.63) is 68.9 Å². The van der Waals surface area contributed by atoms with Crippen LogP contribution in [0.15, 0.2) is 18.2 Å². The van der Waals surface area contributed by atoms with Gasteiger partial charge >= 0.3 is 0 Å². The minimum atomic E-state index is 0. The van der Waals surface area contributed by atoms with Crippen LogP contribution in [0.3, 0.4) is 0 Å². The molecule has 0 fully saturated rings. The predicted molar refractivity (Wildman–Crippen MR) is 60.1 cm³/mol. The van der Waals surface area contributed by atoms with E-state index in [-0.39, 0.29) is 70.4 Å². The van der Waals surface area contributed by atoms with Crippen LogP contribution in [0.1, 0.15) is 6.42 Å². The molecule has 0 atom stereocenters. The van der Waals surface area contributed by atoms with E-state index in [0.29, 0.717) is 0 Å². The van der Waals surface area contributed by atoms with Crippen LogP contribution in [0.2, 0.25) is 0 Å². The molecule has 0 aromatic rings. The molecule has 1 heteroatoms. The number of rotatable bonds is 0. The number of hydrogen-bond acceptors (Lipinski definition) is 0. The maximum atomic E-state index is 2.99. The Balaban J connectivity index is -0.00000000714. The van der Waals surface area contributed by atoms with Crippen LogP contribution in [0.4, 0.5) is 0 Å². The van der Waals surface area contributed by atoms with Gasteiger partial charge in [-0.25, -0.2) is 12.2 Å². The standard InChI is InChI=1S/C5H5.6CH3.Hf/c1-2-4-5-3-1;;;;;;;/h1-3H,4H2;6*1H3;/q7*-1;. The molecule has 0 bridgehead atoms. The first-order valence-corrected chi connectivity index (χ1v) is 1.72. The molecule has 0 saturated heterocycles. The Kier molecular flexibility index (Phi) is 197. The summed E-state index contributed by atoms with van der Waals surface area (Å²) >= 11 is 0. The Labute approximate surface area is 101 Å². The van der Waals surface area contributed by atoms with Gasteiger partial charge < -0.3 is 44.6 Å². The van der Waals surface area contributed by atoms with Gasteiger partial charge in [-0.1, -0.05) is 0 Å². The molecule has 0 aliphatic heterocycles. The third-order valence-electron chi connectivity index (χ3n) is 0.586. The zero-order valence-corrected chi connectivity index (χ0v) is 13.0. The monoisotopic (exact) mass is 335 g/mol. The molecule has 0 amide bonds. The molecule has 0 aromatic heterocycles. The van der Waals surface area contributed by atoms with E-state index in [1.54, 1.807) is 0 Å². The Morgan fingerprint density at radius 2 is 1.25 bits per heavy atom. The number of allylic oxidation sites excluding steroid dienone is 4. The Morgan fingerprint density at radius 1 is 0.833 bits per heavy atom. The summed E-state index contributed by atoms with van der Waals surface area (Å²) in [6.07, 6.45) is 10.0. The molecule has 0 nitrogen and oxygen atoms in total. The molecular formula is C11H23Hf-7. The minimum Gasteiger partial charge on any atom is -0.358 e. The molecule has 0 spiro atoms. The molecule has 0 radical (unpaired) electrons. The quantitative estimate of drug-likeness (QED) is 0.464. The summed E-state index contributed by atoms with van der Waals surface area (Å²) in [5.74, 6) is 0. The first kappa shape index (κ1) is 55.6. The fourth-order valence-electron chi connectivity index (χ4n) is 0.340. The molecule has 1 aliphatic carbocycles. The van der Waals surface area contributed by atoms with Crippen molar-refractivity contribution in [2.75, 3.05) is 0 Å². The van der Waals surface area contributed by atoms with Gasteiger partial charge in [0.2, 0.25) is 0 Å². The topological polar surface area (TPSA) is 0 Å². The van der Waals surface area contributed by atoms with Crippen LogP contribution in [-0.4, -0.2) is 0 Å².